The normalized spacial score (nSPS) is 26.8. The van der Waals surface area contributed by atoms with Crippen LogP contribution >= 0.6 is 0 Å². The van der Waals surface area contributed by atoms with Crippen LogP contribution in [0.4, 0.5) is 4.79 Å². The van der Waals surface area contributed by atoms with Crippen LogP contribution in [-0.4, -0.2) is 50.7 Å². The molecule has 5 rings (SSSR count). The Labute approximate surface area is 177 Å². The predicted molar refractivity (Wildman–Crippen MR) is 114 cm³/mol. The number of fused-ring (bicyclic) bond motifs is 4. The van der Waals surface area contributed by atoms with E-state index in [4.69, 9.17) is 13.1 Å². The third-order valence-electron chi connectivity index (χ3n) is 5.55. The predicted octanol–water partition coefficient (Wildman–Crippen LogP) is 3.95. The number of likely N-dealkylation sites (tertiary alicyclic amines) is 1. The highest BCUT2D eigenvalue weighted by Gasteiger charge is 2.49. The summed E-state index contributed by atoms with van der Waals surface area (Å²) in [4.78, 5) is 14.5. The summed E-state index contributed by atoms with van der Waals surface area (Å²) in [6, 6.07) is 16.0. The molecule has 2 aromatic carbocycles. The van der Waals surface area contributed by atoms with Gasteiger partial charge in [0.25, 0.3) is 0 Å². The van der Waals surface area contributed by atoms with Crippen molar-refractivity contribution in [3.05, 3.63) is 48.5 Å². The van der Waals surface area contributed by atoms with Gasteiger partial charge in [0.15, 0.2) is 0 Å². The molecule has 4 atom stereocenters. The van der Waals surface area contributed by atoms with Crippen molar-refractivity contribution in [3.8, 4) is 0 Å². The van der Waals surface area contributed by atoms with Crippen LogP contribution in [0.15, 0.2) is 48.5 Å². The fourth-order valence-corrected chi connectivity index (χ4v) is 5.26. The van der Waals surface area contributed by atoms with Crippen LogP contribution in [0.1, 0.15) is 26.8 Å². The molecule has 3 aromatic rings. The molecule has 0 saturated carbocycles. The Morgan fingerprint density at radius 2 is 1.60 bits per heavy atom. The number of rotatable bonds is 1. The first-order chi connectivity index (χ1) is 14.3. The van der Waals surface area contributed by atoms with Crippen LogP contribution in [0.25, 0.3) is 21.8 Å². The summed E-state index contributed by atoms with van der Waals surface area (Å²) in [5.74, 6) is 0. The summed E-state index contributed by atoms with van der Waals surface area (Å²) in [6.45, 7) is 6.17. The van der Waals surface area contributed by atoms with E-state index >= 15 is 0 Å². The Bertz CT molecular complexity index is 1100. The number of hydrogen-bond acceptors (Lipinski definition) is 5. The lowest BCUT2D eigenvalue weighted by Gasteiger charge is -2.39. The number of hydrogen-bond donors (Lipinski definition) is 0. The van der Waals surface area contributed by atoms with E-state index in [0.717, 1.165) is 21.8 Å². The topological polar surface area (TPSA) is 70.0 Å². The fourth-order valence-electron chi connectivity index (χ4n) is 4.41. The number of piperidine rings is 1. The van der Waals surface area contributed by atoms with Crippen LogP contribution in [0.2, 0.25) is 0 Å². The van der Waals surface area contributed by atoms with Gasteiger partial charge >= 0.3 is 17.5 Å². The van der Waals surface area contributed by atoms with E-state index in [1.807, 2.05) is 45.0 Å². The molecule has 1 amide bonds. The van der Waals surface area contributed by atoms with Crippen LogP contribution in [0, 0.1) is 0 Å². The number of amides is 1. The lowest BCUT2D eigenvalue weighted by Crippen LogP contribution is -2.54. The second kappa shape index (κ2) is 7.08. The second-order valence-corrected chi connectivity index (χ2v) is 9.55. The average Bonchev–Trinajstić information content (AvgIpc) is 3.23. The van der Waals surface area contributed by atoms with E-state index in [2.05, 4.69) is 28.8 Å². The Balaban J connectivity index is 1.63. The minimum Gasteiger partial charge on any atom is -0.444 e. The second-order valence-electron chi connectivity index (χ2n) is 8.76. The summed E-state index contributed by atoms with van der Waals surface area (Å²) in [6.07, 6.45) is -1.33. The highest BCUT2D eigenvalue weighted by Crippen LogP contribution is 2.39. The molecule has 1 unspecified atom stereocenters. The van der Waals surface area contributed by atoms with E-state index in [0.29, 0.717) is 6.54 Å². The van der Waals surface area contributed by atoms with Gasteiger partial charge in [-0.15, -0.1) is 0 Å². The summed E-state index contributed by atoms with van der Waals surface area (Å²) in [5, 5.41) is 2.25. The number of nitrogens with zero attached hydrogens (tertiary/aromatic N) is 2. The van der Waals surface area contributed by atoms with Crippen molar-refractivity contribution < 1.29 is 22.1 Å². The lowest BCUT2D eigenvalue weighted by atomic mass is 9.99. The smallest absolute Gasteiger partial charge is 0.410 e. The Morgan fingerprint density at radius 1 is 1.00 bits per heavy atom. The van der Waals surface area contributed by atoms with Gasteiger partial charge in [0, 0.05) is 28.4 Å². The molecule has 2 saturated heterocycles. The van der Waals surface area contributed by atoms with Gasteiger partial charge in [0.2, 0.25) is 0 Å². The molecule has 8 heteroatoms. The van der Waals surface area contributed by atoms with Gasteiger partial charge in [0.1, 0.15) is 17.8 Å². The zero-order chi connectivity index (χ0) is 21.0. The van der Waals surface area contributed by atoms with Crippen molar-refractivity contribution in [2.75, 3.05) is 13.1 Å². The number of carbonyl (C=O) groups excluding carboxylic acids is 1. The number of para-hydroxylation sites is 2. The van der Waals surface area contributed by atoms with Crippen molar-refractivity contribution in [2.45, 2.75) is 44.6 Å². The Kier molecular flexibility index (Phi) is 4.61. The van der Waals surface area contributed by atoms with E-state index in [1.54, 1.807) is 4.90 Å². The molecular weight excluding hydrogens is 404 g/mol. The molecule has 158 valence electrons. The summed E-state index contributed by atoms with van der Waals surface area (Å²) in [5.41, 5.74) is 1.47. The first-order valence-corrected chi connectivity index (χ1v) is 11.0. The third-order valence-corrected chi connectivity index (χ3v) is 6.33. The quantitative estimate of drug-likeness (QED) is 0.587. The van der Waals surface area contributed by atoms with Crippen LogP contribution in [-0.2, 0) is 24.5 Å². The van der Waals surface area contributed by atoms with Crippen molar-refractivity contribution in [2.24, 2.45) is 0 Å². The maximum Gasteiger partial charge on any atom is 0.410 e. The lowest BCUT2D eigenvalue weighted by molar-refractivity contribution is -0.0162. The Hall–Kier alpha value is -2.42. The molecule has 0 N–H and O–H groups in total. The largest absolute Gasteiger partial charge is 0.444 e. The SMILES string of the molecule is CC(C)(C)OC(=O)N1C[C@@H]2OS(=O)O[C@@H]2[C@@H](n2c3ccccc3c3ccccc32)C1. The molecule has 2 aliphatic rings. The number of carbonyl (C=O) groups is 1. The van der Waals surface area contributed by atoms with Crippen LogP contribution < -0.4 is 0 Å². The van der Waals surface area contributed by atoms with E-state index < -0.39 is 35.3 Å². The minimum atomic E-state index is -1.83. The standard InChI is InChI=1S/C22H24N2O5S/c1-22(2,3)27-21(25)23-12-18(20-19(13-23)28-30(26)29-20)24-16-10-6-4-8-14(16)15-9-5-7-11-17(15)24/h4-11,18-20H,12-13H2,1-3H3/t18-,19-,20+,30?/m0/s1. The number of aromatic nitrogens is 1. The molecule has 0 aliphatic carbocycles. The Morgan fingerprint density at radius 3 is 2.20 bits per heavy atom. The first-order valence-electron chi connectivity index (χ1n) is 10.0. The molecule has 3 heterocycles. The molecule has 30 heavy (non-hydrogen) atoms. The van der Waals surface area contributed by atoms with Crippen molar-refractivity contribution in [1.82, 2.24) is 9.47 Å². The molecule has 7 nitrogen and oxygen atoms in total. The maximum absolute atomic E-state index is 12.8. The highest BCUT2D eigenvalue weighted by molar-refractivity contribution is 7.75. The molecule has 2 fully saturated rings. The van der Waals surface area contributed by atoms with Gasteiger partial charge in [-0.3, -0.25) is 8.37 Å². The van der Waals surface area contributed by atoms with E-state index in [1.165, 1.54) is 0 Å². The van der Waals surface area contributed by atoms with Gasteiger partial charge in [0.05, 0.1) is 12.6 Å². The first kappa shape index (κ1) is 19.5. The molecule has 0 bridgehead atoms. The fraction of sp³-hybridized carbons (Fsp3) is 0.409. The van der Waals surface area contributed by atoms with Gasteiger partial charge in [-0.05, 0) is 32.9 Å². The van der Waals surface area contributed by atoms with Crippen LogP contribution in [0.5, 0.6) is 0 Å². The highest BCUT2D eigenvalue weighted by atomic mass is 32.2. The molecule has 2 aliphatic heterocycles. The monoisotopic (exact) mass is 428 g/mol. The van der Waals surface area contributed by atoms with Crippen molar-refractivity contribution >= 4 is 39.3 Å². The van der Waals surface area contributed by atoms with E-state index in [-0.39, 0.29) is 12.6 Å². The summed E-state index contributed by atoms with van der Waals surface area (Å²) < 4.78 is 31.1. The molecular formula is C22H24N2O5S. The summed E-state index contributed by atoms with van der Waals surface area (Å²) >= 11 is -1.83. The van der Waals surface area contributed by atoms with Crippen molar-refractivity contribution in [3.63, 3.8) is 0 Å². The summed E-state index contributed by atoms with van der Waals surface area (Å²) in [7, 11) is 0. The van der Waals surface area contributed by atoms with E-state index in [9.17, 15) is 9.00 Å². The minimum absolute atomic E-state index is 0.271. The van der Waals surface area contributed by atoms with Gasteiger partial charge in [-0.25, -0.2) is 4.79 Å². The molecule has 1 aromatic heterocycles. The maximum atomic E-state index is 12.8. The van der Waals surface area contributed by atoms with Crippen molar-refractivity contribution in [1.29, 1.82) is 0 Å². The molecule has 0 spiro atoms. The van der Waals surface area contributed by atoms with Crippen LogP contribution in [0.3, 0.4) is 0 Å². The van der Waals surface area contributed by atoms with Gasteiger partial charge < -0.3 is 14.2 Å². The zero-order valence-corrected chi connectivity index (χ0v) is 17.9. The average molecular weight is 429 g/mol. The zero-order valence-electron chi connectivity index (χ0n) is 17.1. The van der Waals surface area contributed by atoms with Gasteiger partial charge in [-0.1, -0.05) is 36.4 Å². The molecule has 0 radical (unpaired) electrons. The number of ether oxygens (including phenoxy) is 1. The number of benzene rings is 2. The van der Waals surface area contributed by atoms with Gasteiger partial charge in [-0.2, -0.15) is 4.21 Å². The third kappa shape index (κ3) is 3.29.